The molecule has 2 N–H and O–H groups in total. The molecule has 11 heteroatoms. The maximum Gasteiger partial charge on any atom is 0.410 e. The lowest BCUT2D eigenvalue weighted by Gasteiger charge is -2.39. The maximum atomic E-state index is 12.5. The van der Waals surface area contributed by atoms with Crippen LogP contribution in [-0.4, -0.2) is 89.0 Å². The summed E-state index contributed by atoms with van der Waals surface area (Å²) in [5, 5.41) is 6.33. The number of amides is 3. The van der Waals surface area contributed by atoms with Gasteiger partial charge in [0.05, 0.1) is 31.0 Å². The molecule has 1 aromatic heterocycles. The number of carbonyl (C=O) groups is 2. The lowest BCUT2D eigenvalue weighted by Crippen LogP contribution is -2.58. The van der Waals surface area contributed by atoms with Crippen LogP contribution < -0.4 is 15.5 Å². The number of nitrogens with one attached hydrogen (secondary N) is 2. The first kappa shape index (κ1) is 32.0. The third-order valence-electron chi connectivity index (χ3n) is 7.74. The fourth-order valence-corrected chi connectivity index (χ4v) is 5.35. The summed E-state index contributed by atoms with van der Waals surface area (Å²) in [4.78, 5) is 39.9. The van der Waals surface area contributed by atoms with Crippen molar-refractivity contribution >= 4 is 29.4 Å². The van der Waals surface area contributed by atoms with Gasteiger partial charge in [-0.3, -0.25) is 0 Å². The first-order chi connectivity index (χ1) is 21.4. The number of hydrogen-bond acceptors (Lipinski definition) is 8. The van der Waals surface area contributed by atoms with Gasteiger partial charge in [-0.05, 0) is 89.1 Å². The van der Waals surface area contributed by atoms with E-state index in [4.69, 9.17) is 14.5 Å². The molecule has 2 aliphatic rings. The first-order valence-corrected chi connectivity index (χ1v) is 15.6. The lowest BCUT2D eigenvalue weighted by molar-refractivity contribution is -0.0641. The van der Waals surface area contributed by atoms with Crippen molar-refractivity contribution in [1.82, 2.24) is 25.1 Å². The zero-order valence-electron chi connectivity index (χ0n) is 27.2. The van der Waals surface area contributed by atoms with Crippen molar-refractivity contribution < 1.29 is 19.1 Å². The van der Waals surface area contributed by atoms with Gasteiger partial charge >= 0.3 is 12.1 Å². The quantitative estimate of drug-likeness (QED) is 0.338. The number of piperazine rings is 1. The number of carbonyl (C=O) groups excluding carboxylic acids is 2. The monoisotopic (exact) mass is 615 g/mol. The Hall–Kier alpha value is -4.38. The molecule has 0 unspecified atom stereocenters. The molecule has 3 aromatic rings. The molecule has 2 aliphatic heterocycles. The number of benzene rings is 2. The summed E-state index contributed by atoms with van der Waals surface area (Å²) in [6, 6.07) is 16.1. The Kier molecular flexibility index (Phi) is 9.77. The van der Waals surface area contributed by atoms with Crippen molar-refractivity contribution in [3.05, 3.63) is 65.9 Å². The Morgan fingerprint density at radius 2 is 1.69 bits per heavy atom. The van der Waals surface area contributed by atoms with Crippen LogP contribution in [0.3, 0.4) is 0 Å². The first-order valence-electron chi connectivity index (χ1n) is 15.6. The predicted molar refractivity (Wildman–Crippen MR) is 176 cm³/mol. The number of nitrogens with zero attached hydrogens (tertiary/aromatic N) is 5. The molecular formula is C34H45N7O4. The normalized spacial score (nSPS) is 15.6. The molecule has 0 atom stereocenters. The number of urea groups is 1. The largest absolute Gasteiger partial charge is 0.444 e. The molecule has 45 heavy (non-hydrogen) atoms. The highest BCUT2D eigenvalue weighted by Gasteiger charge is 2.32. The van der Waals surface area contributed by atoms with Crippen molar-refractivity contribution in [1.29, 1.82) is 0 Å². The second-order valence-corrected chi connectivity index (χ2v) is 12.9. The average Bonchev–Trinajstić information content (AvgIpc) is 2.97. The summed E-state index contributed by atoms with van der Waals surface area (Å²) in [6.45, 7) is 16.2. The minimum Gasteiger partial charge on any atom is -0.444 e. The van der Waals surface area contributed by atoms with Crippen LogP contribution in [0.4, 0.5) is 26.9 Å². The number of ether oxygens (including phenoxy) is 2. The number of rotatable bonds is 8. The van der Waals surface area contributed by atoms with Crippen LogP contribution in [0.15, 0.2) is 54.7 Å². The zero-order chi connectivity index (χ0) is 32.1. The van der Waals surface area contributed by atoms with E-state index < -0.39 is 5.60 Å². The van der Waals surface area contributed by atoms with Gasteiger partial charge in [-0.15, -0.1) is 0 Å². The molecule has 2 fully saturated rings. The molecule has 0 saturated carbocycles. The fourth-order valence-electron chi connectivity index (χ4n) is 5.35. The van der Waals surface area contributed by atoms with Crippen molar-refractivity contribution in [2.24, 2.45) is 0 Å². The van der Waals surface area contributed by atoms with E-state index in [1.807, 2.05) is 71.9 Å². The van der Waals surface area contributed by atoms with Crippen LogP contribution >= 0.6 is 0 Å². The summed E-state index contributed by atoms with van der Waals surface area (Å²) in [6.07, 6.45) is 1.79. The van der Waals surface area contributed by atoms with Crippen LogP contribution in [0.5, 0.6) is 0 Å². The van der Waals surface area contributed by atoms with Crippen LogP contribution in [0, 0.1) is 6.92 Å². The highest BCUT2D eigenvalue weighted by atomic mass is 16.6. The van der Waals surface area contributed by atoms with E-state index in [9.17, 15) is 9.59 Å². The molecule has 2 aromatic carbocycles. The third-order valence-corrected chi connectivity index (χ3v) is 7.74. The van der Waals surface area contributed by atoms with Gasteiger partial charge in [0.2, 0.25) is 5.95 Å². The van der Waals surface area contributed by atoms with Crippen molar-refractivity contribution in [2.45, 2.75) is 65.9 Å². The van der Waals surface area contributed by atoms with Gasteiger partial charge in [-0.1, -0.05) is 12.1 Å². The van der Waals surface area contributed by atoms with E-state index in [1.165, 1.54) is 0 Å². The highest BCUT2D eigenvalue weighted by molar-refractivity contribution is 5.75. The highest BCUT2D eigenvalue weighted by Crippen LogP contribution is 2.25. The summed E-state index contributed by atoms with van der Waals surface area (Å²) in [7, 11) is 0. The van der Waals surface area contributed by atoms with Crippen LogP contribution in [0.2, 0.25) is 0 Å². The van der Waals surface area contributed by atoms with Crippen LogP contribution in [-0.2, 0) is 16.0 Å². The maximum absolute atomic E-state index is 12.5. The van der Waals surface area contributed by atoms with Crippen LogP contribution in [0.25, 0.3) is 11.3 Å². The second kappa shape index (κ2) is 13.7. The van der Waals surface area contributed by atoms with Gasteiger partial charge in [0.15, 0.2) is 0 Å². The third kappa shape index (κ3) is 8.63. The number of likely N-dealkylation sites (tertiary alicyclic amines) is 1. The summed E-state index contributed by atoms with van der Waals surface area (Å²) in [5.74, 6) is 0.509. The minimum atomic E-state index is -0.494. The Labute approximate surface area is 265 Å². The molecule has 5 rings (SSSR count). The Morgan fingerprint density at radius 3 is 2.33 bits per heavy atom. The Balaban J connectivity index is 1.12. The van der Waals surface area contributed by atoms with E-state index in [2.05, 4.69) is 38.7 Å². The molecule has 240 valence electrons. The molecule has 0 spiro atoms. The van der Waals surface area contributed by atoms with Crippen molar-refractivity contribution in [3.63, 3.8) is 0 Å². The number of aromatic nitrogens is 2. The smallest absolute Gasteiger partial charge is 0.410 e. The lowest BCUT2D eigenvalue weighted by atomic mass is 10.0. The minimum absolute atomic E-state index is 0.0672. The Morgan fingerprint density at radius 1 is 0.978 bits per heavy atom. The number of hydrogen-bond donors (Lipinski definition) is 2. The molecule has 3 amide bonds. The molecular weight excluding hydrogens is 570 g/mol. The fraction of sp³-hybridized carbons (Fsp3) is 0.471. The van der Waals surface area contributed by atoms with E-state index in [-0.39, 0.29) is 24.3 Å². The topological polar surface area (TPSA) is 112 Å². The summed E-state index contributed by atoms with van der Waals surface area (Å²) >= 11 is 0. The summed E-state index contributed by atoms with van der Waals surface area (Å²) < 4.78 is 11.2. The van der Waals surface area contributed by atoms with Gasteiger partial charge in [-0.25, -0.2) is 19.6 Å². The van der Waals surface area contributed by atoms with Gasteiger partial charge < -0.3 is 34.8 Å². The van der Waals surface area contributed by atoms with E-state index >= 15 is 0 Å². The van der Waals surface area contributed by atoms with E-state index in [1.54, 1.807) is 16.0 Å². The average molecular weight is 616 g/mol. The standard InChI is InChI=1S/C34H45N7O4/c1-23(2)44-29-21-41(22-29)32(42)36-20-26-8-7-25(19-24(26)3)30-13-14-35-31(38-30)37-27-9-11-28(12-10-27)39-15-17-40(18-16-39)33(43)45-34(4,5)6/h7-14,19,23,29H,15-18,20-22H2,1-6H3,(H,36,42)(H,35,37,38). The van der Waals surface area contributed by atoms with Gasteiger partial charge in [0, 0.05) is 55.9 Å². The molecule has 3 heterocycles. The van der Waals surface area contributed by atoms with E-state index in [0.717, 1.165) is 46.8 Å². The predicted octanol–water partition coefficient (Wildman–Crippen LogP) is 5.57. The van der Waals surface area contributed by atoms with Crippen LogP contribution in [0.1, 0.15) is 45.7 Å². The number of anilines is 3. The Bertz CT molecular complexity index is 1470. The molecule has 0 bridgehead atoms. The zero-order valence-corrected chi connectivity index (χ0v) is 27.2. The summed E-state index contributed by atoms with van der Waals surface area (Å²) in [5.41, 5.74) is 5.41. The van der Waals surface area contributed by atoms with Crippen molar-refractivity contribution in [2.75, 3.05) is 49.5 Å². The number of aryl methyl sites for hydroxylation is 1. The second-order valence-electron chi connectivity index (χ2n) is 12.9. The molecule has 0 radical (unpaired) electrons. The van der Waals surface area contributed by atoms with Gasteiger partial charge in [0.1, 0.15) is 5.60 Å². The molecule has 0 aliphatic carbocycles. The van der Waals surface area contributed by atoms with Crippen molar-refractivity contribution in [3.8, 4) is 11.3 Å². The molecule has 2 saturated heterocycles. The van der Waals surface area contributed by atoms with Gasteiger partial charge in [-0.2, -0.15) is 0 Å². The van der Waals surface area contributed by atoms with Gasteiger partial charge in [0.25, 0.3) is 0 Å². The molecule has 11 nitrogen and oxygen atoms in total. The van der Waals surface area contributed by atoms with E-state index in [0.29, 0.717) is 38.7 Å². The SMILES string of the molecule is Cc1cc(-c2ccnc(Nc3ccc(N4CCN(C(=O)OC(C)(C)C)CC4)cc3)n2)ccc1CNC(=O)N1CC(OC(C)C)C1.